The molecule has 0 aromatic heterocycles. The van der Waals surface area contributed by atoms with Crippen LogP contribution in [0.2, 0.25) is 0 Å². The van der Waals surface area contributed by atoms with E-state index >= 15 is 0 Å². The van der Waals surface area contributed by atoms with Crippen LogP contribution in [-0.4, -0.2) is 34.6 Å². The van der Waals surface area contributed by atoms with Crippen molar-refractivity contribution in [2.75, 3.05) is 13.1 Å². The zero-order chi connectivity index (χ0) is 12.5. The molecule has 3 nitrogen and oxygen atoms in total. The minimum absolute atomic E-state index is 0.173. The maximum Gasteiger partial charge on any atom is 0.225 e. The Morgan fingerprint density at radius 2 is 1.76 bits per heavy atom. The summed E-state index contributed by atoms with van der Waals surface area (Å²) in [6.07, 6.45) is 5.63. The van der Waals surface area contributed by atoms with Gasteiger partial charge >= 0.3 is 0 Å². The number of hydrogen-bond acceptors (Lipinski definition) is 2. The van der Waals surface area contributed by atoms with Crippen LogP contribution in [0.1, 0.15) is 52.4 Å². The van der Waals surface area contributed by atoms with Gasteiger partial charge in [-0.15, -0.1) is 0 Å². The average molecular weight is 239 g/mol. The fourth-order valence-corrected chi connectivity index (χ4v) is 3.14. The Balaban J connectivity index is 1.88. The Morgan fingerprint density at radius 1 is 1.24 bits per heavy atom. The molecule has 2 fully saturated rings. The van der Waals surface area contributed by atoms with Crippen molar-refractivity contribution in [3.05, 3.63) is 0 Å². The quantitative estimate of drug-likeness (QED) is 0.802. The van der Waals surface area contributed by atoms with Gasteiger partial charge in [-0.1, -0.05) is 13.8 Å². The van der Waals surface area contributed by atoms with E-state index in [0.29, 0.717) is 11.8 Å². The molecule has 1 aliphatic carbocycles. The molecule has 0 bridgehead atoms. The molecule has 1 heterocycles. The zero-order valence-corrected chi connectivity index (χ0v) is 11.1. The first-order valence-corrected chi connectivity index (χ1v) is 7.04. The number of aliphatic hydroxyl groups is 1. The molecule has 3 heteroatoms. The second-order valence-corrected chi connectivity index (χ2v) is 6.06. The van der Waals surface area contributed by atoms with Crippen LogP contribution >= 0.6 is 0 Å². The Kier molecular flexibility index (Phi) is 3.76. The van der Waals surface area contributed by atoms with Gasteiger partial charge in [0, 0.05) is 19.0 Å². The maximum absolute atomic E-state index is 12.2. The summed E-state index contributed by atoms with van der Waals surface area (Å²) in [5.41, 5.74) is -0.526. The minimum atomic E-state index is -0.526. The van der Waals surface area contributed by atoms with Crippen molar-refractivity contribution >= 4 is 5.91 Å². The van der Waals surface area contributed by atoms with Gasteiger partial charge in [0.1, 0.15) is 0 Å². The van der Waals surface area contributed by atoms with Gasteiger partial charge in [-0.05, 0) is 44.4 Å². The van der Waals surface area contributed by atoms with Crippen molar-refractivity contribution in [3.8, 4) is 0 Å². The van der Waals surface area contributed by atoms with Gasteiger partial charge in [0.25, 0.3) is 0 Å². The summed E-state index contributed by atoms with van der Waals surface area (Å²) in [6, 6.07) is 0. The summed E-state index contributed by atoms with van der Waals surface area (Å²) < 4.78 is 0. The Labute approximate surface area is 104 Å². The SMILES string of the molecule is CC(C)C1(O)CCC(C(=O)N2CCCC2)CC1. The molecular weight excluding hydrogens is 214 g/mol. The number of carbonyl (C=O) groups is 1. The van der Waals surface area contributed by atoms with E-state index in [9.17, 15) is 9.90 Å². The summed E-state index contributed by atoms with van der Waals surface area (Å²) >= 11 is 0. The molecule has 0 aromatic rings. The largest absolute Gasteiger partial charge is 0.390 e. The molecule has 2 aliphatic rings. The first-order valence-electron chi connectivity index (χ1n) is 7.04. The molecule has 0 spiro atoms. The van der Waals surface area contributed by atoms with Crippen molar-refractivity contribution in [2.45, 2.75) is 58.0 Å². The molecule has 0 radical (unpaired) electrons. The van der Waals surface area contributed by atoms with Gasteiger partial charge in [-0.2, -0.15) is 0 Å². The number of hydrogen-bond donors (Lipinski definition) is 1. The molecule has 0 atom stereocenters. The molecule has 1 amide bonds. The minimum Gasteiger partial charge on any atom is -0.390 e. The average Bonchev–Trinajstić information content (AvgIpc) is 2.82. The summed E-state index contributed by atoms with van der Waals surface area (Å²) in [5, 5.41) is 10.4. The summed E-state index contributed by atoms with van der Waals surface area (Å²) in [5.74, 6) is 0.811. The molecule has 1 saturated heterocycles. The standard InChI is InChI=1S/C14H25NO2/c1-11(2)14(17)7-5-12(6-8-14)13(16)15-9-3-4-10-15/h11-12,17H,3-10H2,1-2H3. The Morgan fingerprint density at radius 3 is 2.24 bits per heavy atom. The van der Waals surface area contributed by atoms with Crippen molar-refractivity contribution in [3.63, 3.8) is 0 Å². The predicted octanol–water partition coefficient (Wildman–Crippen LogP) is 2.19. The molecule has 0 aromatic carbocycles. The molecule has 0 unspecified atom stereocenters. The molecule has 2 rings (SSSR count). The van der Waals surface area contributed by atoms with E-state index in [2.05, 4.69) is 13.8 Å². The van der Waals surface area contributed by atoms with Gasteiger partial charge in [0.05, 0.1) is 5.60 Å². The predicted molar refractivity (Wildman–Crippen MR) is 67.6 cm³/mol. The molecule has 1 saturated carbocycles. The highest BCUT2D eigenvalue weighted by Crippen LogP contribution is 2.37. The lowest BCUT2D eigenvalue weighted by atomic mass is 9.73. The molecule has 1 aliphatic heterocycles. The highest BCUT2D eigenvalue weighted by atomic mass is 16.3. The maximum atomic E-state index is 12.2. The van der Waals surface area contributed by atoms with Crippen LogP contribution in [0.3, 0.4) is 0 Å². The van der Waals surface area contributed by atoms with E-state index in [1.54, 1.807) is 0 Å². The van der Waals surface area contributed by atoms with Crippen LogP contribution < -0.4 is 0 Å². The van der Waals surface area contributed by atoms with Gasteiger partial charge in [-0.25, -0.2) is 0 Å². The number of likely N-dealkylation sites (tertiary alicyclic amines) is 1. The number of amides is 1. The smallest absolute Gasteiger partial charge is 0.225 e. The second kappa shape index (κ2) is 4.97. The van der Waals surface area contributed by atoms with Crippen LogP contribution in [0.25, 0.3) is 0 Å². The molecular formula is C14H25NO2. The first-order chi connectivity index (χ1) is 8.03. The summed E-state index contributed by atoms with van der Waals surface area (Å²) in [6.45, 7) is 6.04. The number of carbonyl (C=O) groups excluding carboxylic acids is 1. The summed E-state index contributed by atoms with van der Waals surface area (Å²) in [7, 11) is 0. The topological polar surface area (TPSA) is 40.5 Å². The molecule has 1 N–H and O–H groups in total. The third-order valence-electron chi connectivity index (χ3n) is 4.69. The summed E-state index contributed by atoms with van der Waals surface area (Å²) in [4.78, 5) is 14.2. The van der Waals surface area contributed by atoms with E-state index in [4.69, 9.17) is 0 Å². The number of nitrogens with zero attached hydrogens (tertiary/aromatic N) is 1. The monoisotopic (exact) mass is 239 g/mol. The molecule has 17 heavy (non-hydrogen) atoms. The van der Waals surface area contributed by atoms with Crippen LogP contribution in [-0.2, 0) is 4.79 Å². The fourth-order valence-electron chi connectivity index (χ4n) is 3.14. The van der Waals surface area contributed by atoms with E-state index in [1.165, 1.54) is 0 Å². The lowest BCUT2D eigenvalue weighted by Crippen LogP contribution is -2.43. The van der Waals surface area contributed by atoms with Gasteiger partial charge in [0.15, 0.2) is 0 Å². The van der Waals surface area contributed by atoms with E-state index in [-0.39, 0.29) is 5.92 Å². The highest BCUT2D eigenvalue weighted by Gasteiger charge is 2.39. The van der Waals surface area contributed by atoms with Crippen LogP contribution in [0.15, 0.2) is 0 Å². The van der Waals surface area contributed by atoms with E-state index in [0.717, 1.165) is 51.6 Å². The van der Waals surface area contributed by atoms with Gasteiger partial charge in [-0.3, -0.25) is 4.79 Å². The second-order valence-electron chi connectivity index (χ2n) is 6.06. The lowest BCUT2D eigenvalue weighted by molar-refractivity contribution is -0.138. The zero-order valence-electron chi connectivity index (χ0n) is 11.1. The van der Waals surface area contributed by atoms with Crippen molar-refractivity contribution in [1.82, 2.24) is 4.90 Å². The van der Waals surface area contributed by atoms with Crippen molar-refractivity contribution < 1.29 is 9.90 Å². The van der Waals surface area contributed by atoms with Crippen LogP contribution in [0.5, 0.6) is 0 Å². The first kappa shape index (κ1) is 12.9. The van der Waals surface area contributed by atoms with Crippen molar-refractivity contribution in [2.24, 2.45) is 11.8 Å². The van der Waals surface area contributed by atoms with Crippen LogP contribution in [0, 0.1) is 11.8 Å². The Bertz CT molecular complexity index is 274. The highest BCUT2D eigenvalue weighted by molar-refractivity contribution is 5.79. The Hall–Kier alpha value is -0.570. The van der Waals surface area contributed by atoms with Crippen LogP contribution in [0.4, 0.5) is 0 Å². The molecule has 98 valence electrons. The van der Waals surface area contributed by atoms with E-state index in [1.807, 2.05) is 4.90 Å². The third-order valence-corrected chi connectivity index (χ3v) is 4.69. The third kappa shape index (κ3) is 2.65. The lowest BCUT2D eigenvalue weighted by Gasteiger charge is -2.39. The van der Waals surface area contributed by atoms with Gasteiger partial charge in [0.2, 0.25) is 5.91 Å². The normalized spacial score (nSPS) is 34.4. The van der Waals surface area contributed by atoms with Crippen molar-refractivity contribution in [1.29, 1.82) is 0 Å². The number of rotatable bonds is 2. The van der Waals surface area contributed by atoms with E-state index < -0.39 is 5.60 Å². The fraction of sp³-hybridized carbons (Fsp3) is 0.929. The van der Waals surface area contributed by atoms with Gasteiger partial charge < -0.3 is 10.0 Å².